The van der Waals surface area contributed by atoms with Gasteiger partial charge < -0.3 is 9.88 Å². The van der Waals surface area contributed by atoms with Gasteiger partial charge in [0.2, 0.25) is 0 Å². The minimum Gasteiger partial charge on any atom is -0.358 e. The lowest BCUT2D eigenvalue weighted by molar-refractivity contribution is 0.836. The molecule has 126 valence electrons. The maximum atomic E-state index is 5.13. The number of hydrogen-bond acceptors (Lipinski definition) is 2. The Bertz CT molecular complexity index is 896. The maximum absolute atomic E-state index is 5.13. The summed E-state index contributed by atoms with van der Waals surface area (Å²) in [7, 11) is 0. The SMILES string of the molecule is C=CCNC(=S)N/N=C/c1cn(Cc2ccccc2)c2ccccc12. The van der Waals surface area contributed by atoms with E-state index >= 15 is 0 Å². The van der Waals surface area contributed by atoms with E-state index in [0.29, 0.717) is 11.7 Å². The van der Waals surface area contributed by atoms with Gasteiger partial charge >= 0.3 is 0 Å². The highest BCUT2D eigenvalue weighted by atomic mass is 32.1. The Kier molecular flexibility index (Phi) is 5.59. The monoisotopic (exact) mass is 348 g/mol. The van der Waals surface area contributed by atoms with Crippen LogP contribution in [0.25, 0.3) is 10.9 Å². The number of nitrogens with one attached hydrogen (secondary N) is 2. The second-order valence-corrected chi connectivity index (χ2v) is 5.99. The van der Waals surface area contributed by atoms with Crippen molar-refractivity contribution in [3.8, 4) is 0 Å². The predicted octanol–water partition coefficient (Wildman–Crippen LogP) is 3.67. The molecule has 2 N–H and O–H groups in total. The molecule has 0 fully saturated rings. The molecule has 3 rings (SSSR count). The lowest BCUT2D eigenvalue weighted by atomic mass is 10.2. The van der Waals surface area contributed by atoms with E-state index in [1.807, 2.05) is 12.1 Å². The van der Waals surface area contributed by atoms with Gasteiger partial charge in [-0.05, 0) is 23.8 Å². The van der Waals surface area contributed by atoms with Gasteiger partial charge in [-0.3, -0.25) is 5.43 Å². The minimum atomic E-state index is 0.476. The van der Waals surface area contributed by atoms with Crippen LogP contribution in [0.4, 0.5) is 0 Å². The zero-order chi connectivity index (χ0) is 17.5. The molecule has 0 saturated carbocycles. The van der Waals surface area contributed by atoms with Crippen LogP contribution in [0.3, 0.4) is 0 Å². The normalized spacial score (nSPS) is 10.9. The van der Waals surface area contributed by atoms with Gasteiger partial charge in [0.1, 0.15) is 0 Å². The number of fused-ring (bicyclic) bond motifs is 1. The van der Waals surface area contributed by atoms with Crippen LogP contribution in [-0.2, 0) is 6.54 Å². The highest BCUT2D eigenvalue weighted by Crippen LogP contribution is 2.21. The Hall–Kier alpha value is -2.92. The molecule has 0 radical (unpaired) electrons. The third kappa shape index (κ3) is 4.33. The van der Waals surface area contributed by atoms with Crippen molar-refractivity contribution < 1.29 is 0 Å². The van der Waals surface area contributed by atoms with Crippen LogP contribution < -0.4 is 10.7 Å². The van der Waals surface area contributed by atoms with Crippen LogP contribution in [0.1, 0.15) is 11.1 Å². The van der Waals surface area contributed by atoms with Crippen LogP contribution in [0.5, 0.6) is 0 Å². The molecule has 5 heteroatoms. The standard InChI is InChI=1S/C20H20N4S/c1-2-12-21-20(25)23-22-13-17-15-24(14-16-8-4-3-5-9-16)19-11-7-6-10-18(17)19/h2-11,13,15H,1,12,14H2,(H2,21,23,25)/b22-13+. The third-order valence-electron chi connectivity index (χ3n) is 3.79. The maximum Gasteiger partial charge on any atom is 0.187 e. The minimum absolute atomic E-state index is 0.476. The van der Waals surface area contributed by atoms with Crippen molar-refractivity contribution in [3.63, 3.8) is 0 Å². The van der Waals surface area contributed by atoms with Crippen LogP contribution in [-0.4, -0.2) is 22.4 Å². The molecule has 0 spiro atoms. The first-order chi connectivity index (χ1) is 12.3. The molecule has 0 unspecified atom stereocenters. The van der Waals surface area contributed by atoms with E-state index in [1.54, 1.807) is 12.3 Å². The molecule has 3 aromatic rings. The highest BCUT2D eigenvalue weighted by Gasteiger charge is 2.07. The molecule has 0 bridgehead atoms. The van der Waals surface area contributed by atoms with Crippen molar-refractivity contribution in [2.45, 2.75) is 6.54 Å². The van der Waals surface area contributed by atoms with Gasteiger partial charge in [0.15, 0.2) is 5.11 Å². The first-order valence-electron chi connectivity index (χ1n) is 8.07. The topological polar surface area (TPSA) is 41.4 Å². The molecule has 0 aliphatic rings. The molecule has 1 aromatic heterocycles. The van der Waals surface area contributed by atoms with Gasteiger partial charge in [0, 0.05) is 35.8 Å². The van der Waals surface area contributed by atoms with Crippen molar-refractivity contribution in [1.82, 2.24) is 15.3 Å². The molecule has 0 saturated heterocycles. The molecule has 0 amide bonds. The van der Waals surface area contributed by atoms with Crippen molar-refractivity contribution >= 4 is 34.4 Å². The highest BCUT2D eigenvalue weighted by molar-refractivity contribution is 7.80. The second kappa shape index (κ2) is 8.26. The lowest BCUT2D eigenvalue weighted by Gasteiger charge is -2.05. The zero-order valence-electron chi connectivity index (χ0n) is 13.9. The first-order valence-corrected chi connectivity index (χ1v) is 8.48. The fraction of sp³-hybridized carbons (Fsp3) is 0.100. The van der Waals surface area contributed by atoms with E-state index < -0.39 is 0 Å². The smallest absolute Gasteiger partial charge is 0.187 e. The van der Waals surface area contributed by atoms with Gasteiger partial charge in [0.05, 0.1) is 6.21 Å². The summed E-state index contributed by atoms with van der Waals surface area (Å²) in [5.74, 6) is 0. The predicted molar refractivity (Wildman–Crippen MR) is 109 cm³/mol. The Morgan fingerprint density at radius 3 is 2.68 bits per heavy atom. The summed E-state index contributed by atoms with van der Waals surface area (Å²) in [6.07, 6.45) is 5.66. The first kappa shape index (κ1) is 16.9. The molecular weight excluding hydrogens is 328 g/mol. The summed E-state index contributed by atoms with van der Waals surface area (Å²) in [5, 5.41) is 8.85. The van der Waals surface area contributed by atoms with E-state index in [-0.39, 0.29) is 0 Å². The number of nitrogens with zero attached hydrogens (tertiary/aromatic N) is 2. The van der Waals surface area contributed by atoms with Gasteiger partial charge in [-0.2, -0.15) is 5.10 Å². The van der Waals surface area contributed by atoms with Gasteiger partial charge in [-0.1, -0.05) is 54.6 Å². The largest absolute Gasteiger partial charge is 0.358 e. The van der Waals surface area contributed by atoms with Gasteiger partial charge in [-0.25, -0.2) is 0 Å². The summed E-state index contributed by atoms with van der Waals surface area (Å²) in [6.45, 7) is 5.07. The number of para-hydroxylation sites is 1. The average molecular weight is 348 g/mol. The van der Waals surface area contributed by atoms with Crippen LogP contribution in [0, 0.1) is 0 Å². The number of hydrazone groups is 1. The summed E-state index contributed by atoms with van der Waals surface area (Å²) < 4.78 is 2.24. The van der Waals surface area contributed by atoms with Crippen molar-refractivity contribution in [1.29, 1.82) is 0 Å². The molecule has 1 heterocycles. The molecule has 2 aromatic carbocycles. The third-order valence-corrected chi connectivity index (χ3v) is 4.03. The van der Waals surface area contributed by atoms with Crippen LogP contribution >= 0.6 is 12.2 Å². The summed E-state index contributed by atoms with van der Waals surface area (Å²) in [4.78, 5) is 0. The fourth-order valence-corrected chi connectivity index (χ4v) is 2.79. The van der Waals surface area contributed by atoms with Crippen LogP contribution in [0.2, 0.25) is 0 Å². The number of thiocarbonyl (C=S) groups is 1. The van der Waals surface area contributed by atoms with Crippen molar-refractivity contribution in [2.24, 2.45) is 5.10 Å². The van der Waals surface area contributed by atoms with E-state index in [9.17, 15) is 0 Å². The Labute approximate surface area is 152 Å². The second-order valence-electron chi connectivity index (χ2n) is 5.58. The molecule has 4 nitrogen and oxygen atoms in total. The van der Waals surface area contributed by atoms with E-state index in [1.165, 1.54) is 11.1 Å². The Morgan fingerprint density at radius 1 is 1.12 bits per heavy atom. The molecule has 0 aliphatic carbocycles. The van der Waals surface area contributed by atoms with E-state index in [0.717, 1.165) is 17.5 Å². The zero-order valence-corrected chi connectivity index (χ0v) is 14.7. The van der Waals surface area contributed by atoms with Crippen molar-refractivity contribution in [2.75, 3.05) is 6.54 Å². The summed E-state index contributed by atoms with van der Waals surface area (Å²) in [6, 6.07) is 18.7. The molecule has 0 aliphatic heterocycles. The lowest BCUT2D eigenvalue weighted by Crippen LogP contribution is -2.31. The molecule has 0 atom stereocenters. The number of hydrogen-bond donors (Lipinski definition) is 2. The van der Waals surface area contributed by atoms with E-state index in [2.05, 4.69) is 75.7 Å². The Morgan fingerprint density at radius 2 is 1.88 bits per heavy atom. The van der Waals surface area contributed by atoms with Crippen LogP contribution in [0.15, 0.2) is 78.6 Å². The number of benzene rings is 2. The van der Waals surface area contributed by atoms with Crippen molar-refractivity contribution in [3.05, 3.63) is 84.6 Å². The summed E-state index contributed by atoms with van der Waals surface area (Å²) in [5.41, 5.74) is 6.31. The fourth-order valence-electron chi connectivity index (χ4n) is 2.65. The summed E-state index contributed by atoms with van der Waals surface area (Å²) >= 11 is 5.13. The molecule has 25 heavy (non-hydrogen) atoms. The van der Waals surface area contributed by atoms with Gasteiger partial charge in [-0.15, -0.1) is 6.58 Å². The average Bonchev–Trinajstić information content (AvgIpc) is 2.99. The number of aromatic nitrogens is 1. The number of rotatable bonds is 6. The quantitative estimate of drug-likeness (QED) is 0.309. The van der Waals surface area contributed by atoms with Gasteiger partial charge in [0.25, 0.3) is 0 Å². The Balaban J connectivity index is 1.81. The van der Waals surface area contributed by atoms with E-state index in [4.69, 9.17) is 12.2 Å². The molecular formula is C20H20N4S.